The SMILES string of the molecule is CC1=C(c2nc(-c3ccc(F)cc3)no2)C(c2ccc(F)cc2)NC(=S)N1c1ccccc1. The van der Waals surface area contributed by atoms with Crippen LogP contribution in [0, 0.1) is 11.6 Å². The molecule has 1 unspecified atom stereocenters. The maximum absolute atomic E-state index is 13.6. The number of para-hydroxylation sites is 1. The molecule has 1 N–H and O–H groups in total. The van der Waals surface area contributed by atoms with Gasteiger partial charge < -0.3 is 9.84 Å². The van der Waals surface area contributed by atoms with E-state index in [0.717, 1.165) is 16.9 Å². The van der Waals surface area contributed by atoms with Gasteiger partial charge in [-0.2, -0.15) is 4.98 Å². The second kappa shape index (κ2) is 8.55. The van der Waals surface area contributed by atoms with E-state index >= 15 is 0 Å². The lowest BCUT2D eigenvalue weighted by molar-refractivity contribution is 0.404. The van der Waals surface area contributed by atoms with Crippen molar-refractivity contribution < 1.29 is 13.3 Å². The highest BCUT2D eigenvalue weighted by Crippen LogP contribution is 2.39. The molecule has 1 aliphatic heterocycles. The average molecular weight is 461 g/mol. The second-order valence-electron chi connectivity index (χ2n) is 7.53. The van der Waals surface area contributed by atoms with Crippen molar-refractivity contribution in [1.29, 1.82) is 0 Å². The second-order valence-corrected chi connectivity index (χ2v) is 7.92. The van der Waals surface area contributed by atoms with E-state index in [1.807, 2.05) is 42.2 Å². The van der Waals surface area contributed by atoms with Gasteiger partial charge in [0.25, 0.3) is 5.89 Å². The molecule has 164 valence electrons. The van der Waals surface area contributed by atoms with Crippen LogP contribution >= 0.6 is 12.2 Å². The third-order valence-corrected chi connectivity index (χ3v) is 5.76. The van der Waals surface area contributed by atoms with Gasteiger partial charge in [0.05, 0.1) is 11.6 Å². The van der Waals surface area contributed by atoms with Crippen LogP contribution in [0.2, 0.25) is 0 Å². The summed E-state index contributed by atoms with van der Waals surface area (Å²) in [5.41, 5.74) is 3.80. The molecule has 4 aromatic rings. The van der Waals surface area contributed by atoms with Crippen molar-refractivity contribution in [2.45, 2.75) is 13.0 Å². The van der Waals surface area contributed by atoms with E-state index < -0.39 is 6.04 Å². The predicted molar refractivity (Wildman–Crippen MR) is 126 cm³/mol. The Hall–Kier alpha value is -3.91. The van der Waals surface area contributed by atoms with Crippen molar-refractivity contribution in [3.8, 4) is 11.4 Å². The molecule has 3 aromatic carbocycles. The van der Waals surface area contributed by atoms with Gasteiger partial charge in [0.1, 0.15) is 11.6 Å². The molecule has 1 aliphatic rings. The molecule has 5 rings (SSSR count). The topological polar surface area (TPSA) is 54.2 Å². The highest BCUT2D eigenvalue weighted by atomic mass is 32.1. The summed E-state index contributed by atoms with van der Waals surface area (Å²) in [4.78, 5) is 6.48. The fourth-order valence-electron chi connectivity index (χ4n) is 3.86. The van der Waals surface area contributed by atoms with Gasteiger partial charge >= 0.3 is 0 Å². The van der Waals surface area contributed by atoms with Gasteiger partial charge in [0.15, 0.2) is 5.11 Å². The molecule has 1 atom stereocenters. The van der Waals surface area contributed by atoms with Crippen molar-refractivity contribution in [3.05, 3.63) is 108 Å². The van der Waals surface area contributed by atoms with E-state index in [0.29, 0.717) is 22.1 Å². The number of nitrogens with one attached hydrogen (secondary N) is 1. The van der Waals surface area contributed by atoms with Crippen LogP contribution in [0.5, 0.6) is 0 Å². The van der Waals surface area contributed by atoms with Crippen LogP contribution in [0.25, 0.3) is 17.0 Å². The van der Waals surface area contributed by atoms with E-state index in [1.165, 1.54) is 24.3 Å². The summed E-state index contributed by atoms with van der Waals surface area (Å²) in [5, 5.41) is 7.93. The monoisotopic (exact) mass is 460 g/mol. The lowest BCUT2D eigenvalue weighted by atomic mass is 9.94. The van der Waals surface area contributed by atoms with Gasteiger partial charge in [0.2, 0.25) is 5.82 Å². The quantitative estimate of drug-likeness (QED) is 0.384. The molecule has 0 radical (unpaired) electrons. The molecule has 0 fully saturated rings. The smallest absolute Gasteiger partial charge is 0.258 e. The van der Waals surface area contributed by atoms with Crippen molar-refractivity contribution >= 4 is 28.6 Å². The molecule has 2 heterocycles. The molecular formula is C25H18F2N4OS. The summed E-state index contributed by atoms with van der Waals surface area (Å²) in [7, 11) is 0. The van der Waals surface area contributed by atoms with Gasteiger partial charge in [0, 0.05) is 16.9 Å². The molecule has 33 heavy (non-hydrogen) atoms. The molecule has 0 amide bonds. The van der Waals surface area contributed by atoms with Crippen molar-refractivity contribution in [3.63, 3.8) is 0 Å². The zero-order valence-electron chi connectivity index (χ0n) is 17.5. The maximum atomic E-state index is 13.6. The minimum Gasteiger partial charge on any atom is -0.351 e. The summed E-state index contributed by atoms with van der Waals surface area (Å²) < 4.78 is 32.6. The maximum Gasteiger partial charge on any atom is 0.258 e. The number of hydrogen-bond acceptors (Lipinski definition) is 4. The van der Waals surface area contributed by atoms with E-state index in [9.17, 15) is 8.78 Å². The Morgan fingerprint density at radius 2 is 1.55 bits per heavy atom. The highest BCUT2D eigenvalue weighted by Gasteiger charge is 2.34. The minimum atomic E-state index is -0.431. The van der Waals surface area contributed by atoms with Gasteiger partial charge in [-0.25, -0.2) is 8.78 Å². The molecule has 0 spiro atoms. The summed E-state index contributed by atoms with van der Waals surface area (Å²) in [6.07, 6.45) is 0. The van der Waals surface area contributed by atoms with E-state index in [2.05, 4.69) is 15.5 Å². The predicted octanol–water partition coefficient (Wildman–Crippen LogP) is 5.88. The van der Waals surface area contributed by atoms with Gasteiger partial charge in [-0.05, 0) is 73.2 Å². The van der Waals surface area contributed by atoms with Crippen LogP contribution in [0.15, 0.2) is 89.1 Å². The van der Waals surface area contributed by atoms with Crippen LogP contribution in [0.4, 0.5) is 14.5 Å². The third-order valence-electron chi connectivity index (χ3n) is 5.46. The number of hydrogen-bond donors (Lipinski definition) is 1. The summed E-state index contributed by atoms with van der Waals surface area (Å²) in [6.45, 7) is 1.92. The van der Waals surface area contributed by atoms with E-state index in [-0.39, 0.29) is 17.5 Å². The number of allylic oxidation sites excluding steroid dienone is 1. The van der Waals surface area contributed by atoms with Crippen molar-refractivity contribution in [1.82, 2.24) is 15.5 Å². The average Bonchev–Trinajstić information content (AvgIpc) is 3.30. The first-order chi connectivity index (χ1) is 16.0. The molecule has 0 saturated heterocycles. The van der Waals surface area contributed by atoms with E-state index in [4.69, 9.17) is 16.7 Å². The highest BCUT2D eigenvalue weighted by molar-refractivity contribution is 7.80. The van der Waals surface area contributed by atoms with Crippen molar-refractivity contribution in [2.24, 2.45) is 0 Å². The van der Waals surface area contributed by atoms with Gasteiger partial charge in [-0.1, -0.05) is 35.5 Å². The molecule has 0 bridgehead atoms. The molecular weight excluding hydrogens is 442 g/mol. The normalized spacial score (nSPS) is 16.2. The summed E-state index contributed by atoms with van der Waals surface area (Å²) in [6, 6.07) is 21.3. The first-order valence-corrected chi connectivity index (χ1v) is 10.6. The number of rotatable bonds is 4. The Bertz CT molecular complexity index is 1340. The fourth-order valence-corrected chi connectivity index (χ4v) is 4.22. The van der Waals surface area contributed by atoms with Crippen LogP contribution in [0.1, 0.15) is 24.4 Å². The third kappa shape index (κ3) is 4.01. The van der Waals surface area contributed by atoms with Crippen molar-refractivity contribution in [2.75, 3.05) is 4.90 Å². The fraction of sp³-hybridized carbons (Fsp3) is 0.0800. The van der Waals surface area contributed by atoms with Crippen LogP contribution < -0.4 is 10.2 Å². The lowest BCUT2D eigenvalue weighted by Gasteiger charge is -2.37. The molecule has 1 aromatic heterocycles. The van der Waals surface area contributed by atoms with E-state index in [1.54, 1.807) is 24.3 Å². The number of thiocarbonyl (C=S) groups is 1. The molecule has 8 heteroatoms. The Morgan fingerprint density at radius 1 is 0.909 bits per heavy atom. The number of benzene rings is 3. The standard InChI is InChI=1S/C25H18F2N4OS/c1-15-21(24-29-23(30-32-24)17-9-13-19(27)14-10-17)22(16-7-11-18(26)12-8-16)28-25(33)31(15)20-5-3-2-4-6-20/h2-14,22H,1H3,(H,28,33). The lowest BCUT2D eigenvalue weighted by Crippen LogP contribution is -2.46. The first kappa shape index (κ1) is 21.0. The van der Waals surface area contributed by atoms with Gasteiger partial charge in [-0.3, -0.25) is 4.90 Å². The summed E-state index contributed by atoms with van der Waals surface area (Å²) >= 11 is 5.69. The van der Waals surface area contributed by atoms with Crippen LogP contribution in [-0.2, 0) is 0 Å². The zero-order chi connectivity index (χ0) is 22.9. The Morgan fingerprint density at radius 3 is 2.21 bits per heavy atom. The molecule has 0 saturated carbocycles. The first-order valence-electron chi connectivity index (χ1n) is 10.2. The molecule has 5 nitrogen and oxygen atoms in total. The number of anilines is 1. The largest absolute Gasteiger partial charge is 0.351 e. The Labute approximate surface area is 194 Å². The minimum absolute atomic E-state index is 0.289. The summed E-state index contributed by atoms with van der Waals surface area (Å²) in [5.74, 6) is -0.0535. The number of aromatic nitrogens is 2. The van der Waals surface area contributed by atoms with Crippen LogP contribution in [-0.4, -0.2) is 15.3 Å². The Balaban J connectivity index is 1.64. The van der Waals surface area contributed by atoms with Crippen LogP contribution in [0.3, 0.4) is 0 Å². The van der Waals surface area contributed by atoms with Gasteiger partial charge in [-0.15, -0.1) is 0 Å². The molecule has 0 aliphatic carbocycles. The Kier molecular flexibility index (Phi) is 5.43. The number of nitrogens with zero attached hydrogens (tertiary/aromatic N) is 3. The number of halogens is 2. The zero-order valence-corrected chi connectivity index (χ0v) is 18.3.